The van der Waals surface area contributed by atoms with Gasteiger partial charge in [-0.05, 0) is 18.2 Å². The molecular formula is C18H25N3O2. The van der Waals surface area contributed by atoms with Crippen molar-refractivity contribution in [3.63, 3.8) is 0 Å². The van der Waals surface area contributed by atoms with Crippen molar-refractivity contribution in [1.82, 2.24) is 10.2 Å². The molecule has 1 aromatic carbocycles. The summed E-state index contributed by atoms with van der Waals surface area (Å²) in [6.45, 7) is 10.1. The van der Waals surface area contributed by atoms with E-state index in [0.29, 0.717) is 17.2 Å². The summed E-state index contributed by atoms with van der Waals surface area (Å²) in [7, 11) is 0. The number of Topliss-reactive ketones (excluding diaryl/α,β-unsaturated/α-hetero) is 1. The molecule has 0 aliphatic carbocycles. The van der Waals surface area contributed by atoms with Crippen LogP contribution in [0.15, 0.2) is 18.2 Å². The van der Waals surface area contributed by atoms with Crippen LogP contribution in [-0.2, 0) is 0 Å². The molecule has 1 N–H and O–H groups in total. The Morgan fingerprint density at radius 2 is 1.96 bits per heavy atom. The highest BCUT2D eigenvalue weighted by Crippen LogP contribution is 2.26. The number of benzene rings is 1. The number of carbonyl (C=O) groups is 2. The van der Waals surface area contributed by atoms with Gasteiger partial charge in [0.05, 0.1) is 0 Å². The summed E-state index contributed by atoms with van der Waals surface area (Å²) in [6, 6.07) is 6.24. The molecule has 2 saturated heterocycles. The zero-order valence-electron chi connectivity index (χ0n) is 13.9. The number of hydrogen-bond acceptors (Lipinski definition) is 5. The SMILES string of the molecule is CC(C)C(=O)c1ccc(N2CC(N3CCNCC3)C2)cc1C=O. The minimum absolute atomic E-state index is 0.0287. The fraction of sp³-hybridized carbons (Fsp3) is 0.556. The summed E-state index contributed by atoms with van der Waals surface area (Å²) in [4.78, 5) is 28.3. The summed E-state index contributed by atoms with van der Waals surface area (Å²) in [5.74, 6) is -0.0680. The molecule has 23 heavy (non-hydrogen) atoms. The lowest BCUT2D eigenvalue weighted by molar-refractivity contribution is 0.0934. The Kier molecular flexibility index (Phi) is 4.78. The van der Waals surface area contributed by atoms with Gasteiger partial charge in [-0.25, -0.2) is 0 Å². The molecule has 5 nitrogen and oxygen atoms in total. The van der Waals surface area contributed by atoms with Crippen molar-refractivity contribution in [2.24, 2.45) is 5.92 Å². The molecule has 2 heterocycles. The second-order valence-electron chi connectivity index (χ2n) is 6.75. The summed E-state index contributed by atoms with van der Waals surface area (Å²) >= 11 is 0. The summed E-state index contributed by atoms with van der Waals surface area (Å²) in [5.41, 5.74) is 2.09. The van der Waals surface area contributed by atoms with Crippen molar-refractivity contribution in [3.05, 3.63) is 29.3 Å². The van der Waals surface area contributed by atoms with Gasteiger partial charge in [-0.1, -0.05) is 13.8 Å². The van der Waals surface area contributed by atoms with Crippen molar-refractivity contribution in [1.29, 1.82) is 0 Å². The highest BCUT2D eigenvalue weighted by atomic mass is 16.1. The predicted molar refractivity (Wildman–Crippen MR) is 91.4 cm³/mol. The Balaban J connectivity index is 1.68. The molecule has 0 atom stereocenters. The maximum atomic E-state index is 12.2. The van der Waals surface area contributed by atoms with E-state index < -0.39 is 0 Å². The number of aldehydes is 1. The van der Waals surface area contributed by atoms with Gasteiger partial charge in [0, 0.05) is 68.0 Å². The Morgan fingerprint density at radius 3 is 2.57 bits per heavy atom. The van der Waals surface area contributed by atoms with E-state index in [9.17, 15) is 9.59 Å². The van der Waals surface area contributed by atoms with Gasteiger partial charge >= 0.3 is 0 Å². The van der Waals surface area contributed by atoms with Crippen LogP contribution < -0.4 is 10.2 Å². The second-order valence-corrected chi connectivity index (χ2v) is 6.75. The van der Waals surface area contributed by atoms with E-state index in [1.54, 1.807) is 6.07 Å². The van der Waals surface area contributed by atoms with Crippen molar-refractivity contribution >= 4 is 17.8 Å². The number of piperazine rings is 1. The third kappa shape index (κ3) is 3.31. The molecular weight excluding hydrogens is 290 g/mol. The van der Waals surface area contributed by atoms with Gasteiger partial charge in [0.25, 0.3) is 0 Å². The molecule has 0 amide bonds. The van der Waals surface area contributed by atoms with Crippen LogP contribution in [0.1, 0.15) is 34.6 Å². The minimum atomic E-state index is -0.0966. The number of rotatable bonds is 5. The molecule has 0 saturated carbocycles. The maximum Gasteiger partial charge on any atom is 0.166 e. The van der Waals surface area contributed by atoms with Gasteiger partial charge in [0.1, 0.15) is 0 Å². The first-order chi connectivity index (χ1) is 11.1. The van der Waals surface area contributed by atoms with Crippen LogP contribution in [0.4, 0.5) is 5.69 Å². The lowest BCUT2D eigenvalue weighted by atomic mass is 9.95. The minimum Gasteiger partial charge on any atom is -0.368 e. The van der Waals surface area contributed by atoms with E-state index in [0.717, 1.165) is 51.2 Å². The smallest absolute Gasteiger partial charge is 0.166 e. The topological polar surface area (TPSA) is 52.7 Å². The molecule has 2 aliphatic heterocycles. The van der Waals surface area contributed by atoms with Crippen LogP contribution in [0.3, 0.4) is 0 Å². The average Bonchev–Trinajstić information content (AvgIpc) is 2.53. The zero-order chi connectivity index (χ0) is 16.4. The van der Waals surface area contributed by atoms with Gasteiger partial charge in [-0.15, -0.1) is 0 Å². The molecule has 1 aromatic rings. The van der Waals surface area contributed by atoms with Crippen LogP contribution in [-0.4, -0.2) is 62.3 Å². The number of hydrogen-bond donors (Lipinski definition) is 1. The fourth-order valence-corrected chi connectivity index (χ4v) is 3.32. The Hall–Kier alpha value is -1.72. The fourth-order valence-electron chi connectivity index (χ4n) is 3.32. The van der Waals surface area contributed by atoms with E-state index in [1.165, 1.54) is 0 Å². The average molecular weight is 315 g/mol. The molecule has 5 heteroatoms. The lowest BCUT2D eigenvalue weighted by Gasteiger charge is -2.48. The summed E-state index contributed by atoms with van der Waals surface area (Å²) in [6.07, 6.45) is 0.798. The first-order valence-corrected chi connectivity index (χ1v) is 8.43. The van der Waals surface area contributed by atoms with Crippen LogP contribution in [0.25, 0.3) is 0 Å². The van der Waals surface area contributed by atoms with Crippen LogP contribution in [0.2, 0.25) is 0 Å². The first-order valence-electron chi connectivity index (χ1n) is 8.43. The van der Waals surface area contributed by atoms with E-state index in [-0.39, 0.29) is 11.7 Å². The lowest BCUT2D eigenvalue weighted by Crippen LogP contribution is -2.62. The highest BCUT2D eigenvalue weighted by molar-refractivity contribution is 6.04. The van der Waals surface area contributed by atoms with E-state index in [4.69, 9.17) is 0 Å². The number of nitrogens with zero attached hydrogens (tertiary/aromatic N) is 2. The second kappa shape index (κ2) is 6.81. The van der Waals surface area contributed by atoms with Crippen molar-refractivity contribution in [2.75, 3.05) is 44.2 Å². The largest absolute Gasteiger partial charge is 0.368 e. The molecule has 0 aromatic heterocycles. The first kappa shape index (κ1) is 16.1. The molecule has 2 aliphatic rings. The molecule has 0 bridgehead atoms. The Labute approximate surface area is 137 Å². The Bertz CT molecular complexity index is 588. The summed E-state index contributed by atoms with van der Waals surface area (Å²) < 4.78 is 0. The molecule has 0 unspecified atom stereocenters. The van der Waals surface area contributed by atoms with Crippen molar-refractivity contribution < 1.29 is 9.59 Å². The molecule has 3 rings (SSSR count). The van der Waals surface area contributed by atoms with Gasteiger partial charge in [0.2, 0.25) is 0 Å². The number of nitrogens with one attached hydrogen (secondary N) is 1. The van der Waals surface area contributed by atoms with Crippen LogP contribution in [0.5, 0.6) is 0 Å². The van der Waals surface area contributed by atoms with Crippen LogP contribution >= 0.6 is 0 Å². The van der Waals surface area contributed by atoms with E-state index in [2.05, 4.69) is 15.1 Å². The van der Waals surface area contributed by atoms with E-state index in [1.807, 2.05) is 26.0 Å². The van der Waals surface area contributed by atoms with Crippen molar-refractivity contribution in [2.45, 2.75) is 19.9 Å². The maximum absolute atomic E-state index is 12.2. The highest BCUT2D eigenvalue weighted by Gasteiger charge is 2.32. The molecule has 0 radical (unpaired) electrons. The van der Waals surface area contributed by atoms with Gasteiger partial charge in [-0.3, -0.25) is 14.5 Å². The summed E-state index contributed by atoms with van der Waals surface area (Å²) in [5, 5.41) is 3.38. The number of anilines is 1. The molecule has 124 valence electrons. The monoisotopic (exact) mass is 315 g/mol. The standard InChI is InChI=1S/C18H25N3O2/c1-13(2)18(23)17-4-3-15(9-14(17)12-22)21-10-16(11-21)20-7-5-19-6-8-20/h3-4,9,12-13,16,19H,5-8,10-11H2,1-2H3. The third-order valence-corrected chi connectivity index (χ3v) is 4.85. The van der Waals surface area contributed by atoms with E-state index >= 15 is 0 Å². The Morgan fingerprint density at radius 1 is 1.26 bits per heavy atom. The van der Waals surface area contributed by atoms with Crippen LogP contribution in [0, 0.1) is 5.92 Å². The zero-order valence-corrected chi connectivity index (χ0v) is 13.9. The molecule has 2 fully saturated rings. The number of carbonyl (C=O) groups excluding carboxylic acids is 2. The van der Waals surface area contributed by atoms with Gasteiger partial charge in [-0.2, -0.15) is 0 Å². The van der Waals surface area contributed by atoms with Gasteiger partial charge < -0.3 is 10.2 Å². The predicted octanol–water partition coefficient (Wildman–Crippen LogP) is 1.43. The third-order valence-electron chi connectivity index (χ3n) is 4.85. The number of ketones is 1. The molecule has 0 spiro atoms. The van der Waals surface area contributed by atoms with Gasteiger partial charge in [0.15, 0.2) is 12.1 Å². The normalized spacial score (nSPS) is 19.7. The van der Waals surface area contributed by atoms with Crippen molar-refractivity contribution in [3.8, 4) is 0 Å². The quantitative estimate of drug-likeness (QED) is 0.658.